The highest BCUT2D eigenvalue weighted by atomic mass is 32.2. The van der Waals surface area contributed by atoms with E-state index in [1.54, 1.807) is 42.3 Å². The summed E-state index contributed by atoms with van der Waals surface area (Å²) in [6.45, 7) is 6.72. The number of unbranched alkanes of at least 4 members (excludes halogenated alkanes) is 1. The van der Waals surface area contributed by atoms with Crippen LogP contribution in [0.25, 0.3) is 0 Å². The summed E-state index contributed by atoms with van der Waals surface area (Å²) >= 11 is 1.89. The van der Waals surface area contributed by atoms with Crippen LogP contribution in [-0.2, 0) is 35.1 Å². The summed E-state index contributed by atoms with van der Waals surface area (Å²) < 4.78 is 34.1. The van der Waals surface area contributed by atoms with Crippen LogP contribution in [-0.4, -0.2) is 172 Å². The van der Waals surface area contributed by atoms with Crippen LogP contribution in [0.5, 0.6) is 11.5 Å². The van der Waals surface area contributed by atoms with Gasteiger partial charge in [0, 0.05) is 87.8 Å². The van der Waals surface area contributed by atoms with Gasteiger partial charge in [-0.05, 0) is 67.6 Å². The third kappa shape index (κ3) is 17.8. The molecular weight excluding hydrogens is 971 g/mol. The van der Waals surface area contributed by atoms with Crippen molar-refractivity contribution in [1.82, 2.24) is 36.1 Å². The molecule has 3 aromatic rings. The molecular formula is C53H71N9O11S. The van der Waals surface area contributed by atoms with Gasteiger partial charge in [-0.2, -0.15) is 17.0 Å². The van der Waals surface area contributed by atoms with Crippen molar-refractivity contribution in [1.29, 1.82) is 5.26 Å². The maximum Gasteiger partial charge on any atom is 0.315 e. The van der Waals surface area contributed by atoms with Gasteiger partial charge in [0.05, 0.1) is 101 Å². The molecule has 20 nitrogen and oxygen atoms in total. The van der Waals surface area contributed by atoms with Crippen molar-refractivity contribution in [3.05, 3.63) is 83.2 Å². The van der Waals surface area contributed by atoms with Crippen molar-refractivity contribution in [2.45, 2.75) is 93.8 Å². The van der Waals surface area contributed by atoms with Crippen LogP contribution in [0, 0.1) is 11.3 Å². The van der Waals surface area contributed by atoms with Gasteiger partial charge in [-0.15, -0.1) is 0 Å². The van der Waals surface area contributed by atoms with Crippen molar-refractivity contribution < 1.29 is 52.4 Å². The zero-order valence-electron chi connectivity index (χ0n) is 42.3. The number of fused-ring (bicyclic) bond motifs is 1. The van der Waals surface area contributed by atoms with Crippen molar-refractivity contribution >= 4 is 47.1 Å². The number of nitrogens with zero attached hydrogens (tertiary/aromatic N) is 4. The molecule has 4 saturated heterocycles. The number of anilines is 1. The topological polar surface area (TPSA) is 244 Å². The number of carbonyl (C=O) groups excluding carboxylic acids is 5. The molecule has 400 valence electrons. The number of ether oxygens (including phenoxy) is 6. The van der Waals surface area contributed by atoms with Crippen LogP contribution in [0.15, 0.2) is 60.8 Å². The number of carbonyl (C=O) groups is 5. The average molecular weight is 1040 g/mol. The first-order valence-corrected chi connectivity index (χ1v) is 26.9. The van der Waals surface area contributed by atoms with Crippen LogP contribution in [0.3, 0.4) is 0 Å². The van der Waals surface area contributed by atoms with E-state index in [-0.39, 0.29) is 72.6 Å². The van der Waals surface area contributed by atoms with Crippen LogP contribution < -0.4 is 36.1 Å². The minimum atomic E-state index is -0.251. The van der Waals surface area contributed by atoms with Crippen LogP contribution in [0.1, 0.15) is 89.8 Å². The van der Waals surface area contributed by atoms with E-state index in [4.69, 9.17) is 33.7 Å². The summed E-state index contributed by atoms with van der Waals surface area (Å²) in [6, 6.07) is 18.6. The number of benzene rings is 2. The molecule has 4 aliphatic heterocycles. The highest BCUT2D eigenvalue weighted by Crippen LogP contribution is 2.34. The highest BCUT2D eigenvalue weighted by molar-refractivity contribution is 8.00. The van der Waals surface area contributed by atoms with E-state index in [1.807, 2.05) is 36.0 Å². The van der Waals surface area contributed by atoms with E-state index < -0.39 is 0 Å². The average Bonchev–Trinajstić information content (AvgIpc) is 3.98. The fourth-order valence-electron chi connectivity index (χ4n) is 9.22. The smallest absolute Gasteiger partial charge is 0.315 e. The number of pyridine rings is 1. The highest BCUT2D eigenvalue weighted by Gasteiger charge is 2.42. The minimum absolute atomic E-state index is 0.0161. The zero-order valence-corrected chi connectivity index (χ0v) is 43.1. The number of aromatic nitrogens is 1. The van der Waals surface area contributed by atoms with Crippen LogP contribution in [0.4, 0.5) is 10.5 Å². The van der Waals surface area contributed by atoms with Gasteiger partial charge in [0.25, 0.3) is 11.8 Å². The maximum absolute atomic E-state index is 13.4. The standard InChI is InChI=1S/C53H71N9O11S/c1-68-42-11-13-46(73-41-16-22-62(23-17-41)52(66)43-12-10-39(34-56-43)51(65)57-40-14-20-61(21-15-40)35-38-8-6-37(33-54)7-9-38)44(32-42)58-49(64)18-24-69-26-28-71-30-31-72-29-27-70-25-19-55-48(63)5-3-2-4-47-50-45(36-74-47)59-53(67)60-50/h6-13,32,34,40-41,45,47,50H,2-5,14-31,35-36H2,1H3,(H,55,63)(H,57,65)(H,58,64)(H2,59,60,67)/t45-,47-,50-/m0/s1. The molecule has 21 heteroatoms. The Kier molecular flexibility index (Phi) is 22.4. The molecule has 6 amide bonds. The molecule has 0 spiro atoms. The molecule has 0 aliphatic carbocycles. The zero-order chi connectivity index (χ0) is 51.9. The van der Waals surface area contributed by atoms with Crippen molar-refractivity contribution in [3.63, 3.8) is 0 Å². The van der Waals surface area contributed by atoms with Gasteiger partial charge in [0.1, 0.15) is 23.3 Å². The molecule has 74 heavy (non-hydrogen) atoms. The van der Waals surface area contributed by atoms with Crippen molar-refractivity contribution in [2.75, 3.05) is 104 Å². The minimum Gasteiger partial charge on any atom is -0.497 e. The summed E-state index contributed by atoms with van der Waals surface area (Å²) in [6.07, 6.45) is 7.40. The van der Waals surface area contributed by atoms with Gasteiger partial charge in [-0.25, -0.2) is 4.79 Å². The van der Waals surface area contributed by atoms with Gasteiger partial charge >= 0.3 is 6.03 Å². The number of nitriles is 1. The second-order valence-corrected chi connectivity index (χ2v) is 20.0. The molecule has 0 unspecified atom stereocenters. The van der Waals surface area contributed by atoms with Crippen molar-refractivity contribution in [2.24, 2.45) is 0 Å². The van der Waals surface area contributed by atoms with Crippen LogP contribution >= 0.6 is 11.8 Å². The van der Waals surface area contributed by atoms with Crippen molar-refractivity contribution in [3.8, 4) is 17.6 Å². The van der Waals surface area contributed by atoms with Gasteiger partial charge in [0.15, 0.2) is 0 Å². The van der Waals surface area contributed by atoms with E-state index in [2.05, 4.69) is 42.5 Å². The van der Waals surface area contributed by atoms with Gasteiger partial charge in [0.2, 0.25) is 11.8 Å². The van der Waals surface area contributed by atoms with E-state index >= 15 is 0 Å². The van der Waals surface area contributed by atoms with Gasteiger partial charge < -0.3 is 59.9 Å². The summed E-state index contributed by atoms with van der Waals surface area (Å²) in [4.78, 5) is 71.6. The molecule has 0 radical (unpaired) electrons. The predicted octanol–water partition coefficient (Wildman–Crippen LogP) is 4.28. The number of amides is 6. The third-order valence-corrected chi connectivity index (χ3v) is 14.9. The molecule has 4 fully saturated rings. The molecule has 0 saturated carbocycles. The lowest BCUT2D eigenvalue weighted by molar-refractivity contribution is -0.121. The maximum atomic E-state index is 13.4. The number of thioether (sulfide) groups is 1. The molecule has 5 heterocycles. The largest absolute Gasteiger partial charge is 0.497 e. The summed E-state index contributed by atoms with van der Waals surface area (Å²) in [5.74, 6) is 1.34. The molecule has 7 rings (SSSR count). The Balaban J connectivity index is 0.685. The SMILES string of the molecule is COc1ccc(OC2CCN(C(=O)c3ccc(C(=O)NC4CCN(Cc5ccc(C#N)cc5)CC4)cn3)CC2)c(NC(=O)CCOCCOCCOCCOCCNC(=O)CCCC[C@@H]2SC[C@@H]3NC(=O)N[C@@H]32)c1. The van der Waals surface area contributed by atoms with Crippen LogP contribution in [0.2, 0.25) is 0 Å². The number of rotatable bonds is 29. The molecule has 3 atom stereocenters. The van der Waals surface area contributed by atoms with E-state index in [0.717, 1.165) is 63.1 Å². The lowest BCUT2D eigenvalue weighted by Crippen LogP contribution is -2.44. The first kappa shape index (κ1) is 55.7. The number of hydrogen-bond donors (Lipinski definition) is 5. The second kappa shape index (κ2) is 29.8. The second-order valence-electron chi connectivity index (χ2n) is 18.7. The number of likely N-dealkylation sites (tertiary alicyclic amines) is 2. The Morgan fingerprint density at radius 3 is 2.22 bits per heavy atom. The van der Waals surface area contributed by atoms with E-state index in [1.165, 1.54) is 6.20 Å². The Morgan fingerprint density at radius 1 is 0.811 bits per heavy atom. The molecule has 4 aliphatic rings. The first-order chi connectivity index (χ1) is 36.1. The van der Waals surface area contributed by atoms with Gasteiger partial charge in [-0.1, -0.05) is 18.6 Å². The number of urea groups is 1. The molecule has 2 aromatic carbocycles. The first-order valence-electron chi connectivity index (χ1n) is 25.8. The lowest BCUT2D eigenvalue weighted by atomic mass is 10.0. The lowest BCUT2D eigenvalue weighted by Gasteiger charge is -2.32. The fraction of sp³-hybridized carbons (Fsp3) is 0.566. The monoisotopic (exact) mass is 1040 g/mol. The Morgan fingerprint density at radius 2 is 1.53 bits per heavy atom. The third-order valence-electron chi connectivity index (χ3n) is 13.4. The Hall–Kier alpha value is -6.02. The number of nitrogens with one attached hydrogen (secondary N) is 5. The van der Waals surface area contributed by atoms with E-state index in [0.29, 0.717) is 119 Å². The number of hydrogen-bond acceptors (Lipinski definition) is 15. The summed E-state index contributed by atoms with van der Waals surface area (Å²) in [5.41, 5.74) is 2.95. The molecule has 1 aromatic heterocycles. The molecule has 5 N–H and O–H groups in total. The predicted molar refractivity (Wildman–Crippen MR) is 277 cm³/mol. The Labute approximate surface area is 437 Å². The summed E-state index contributed by atoms with van der Waals surface area (Å²) in [7, 11) is 1.55. The van der Waals surface area contributed by atoms with Gasteiger partial charge in [-0.3, -0.25) is 29.1 Å². The van der Waals surface area contributed by atoms with E-state index in [9.17, 15) is 24.0 Å². The normalized spacial score (nSPS) is 18.9. The Bertz CT molecular complexity index is 2320. The molecule has 0 bridgehead atoms. The fourth-order valence-corrected chi connectivity index (χ4v) is 10.8. The quantitative estimate of drug-likeness (QED) is 0.0482. The summed E-state index contributed by atoms with van der Waals surface area (Å²) in [5, 5.41) is 24.3. The number of piperidine rings is 2. The number of methoxy groups -OCH3 is 1.